The van der Waals surface area contributed by atoms with Gasteiger partial charge < -0.3 is 4.90 Å². The predicted molar refractivity (Wildman–Crippen MR) is 70.9 cm³/mol. The van der Waals surface area contributed by atoms with E-state index < -0.39 is 0 Å². The normalized spacial score (nSPS) is 12.2. The molecule has 1 unspecified atom stereocenters. The van der Waals surface area contributed by atoms with Crippen molar-refractivity contribution in [2.24, 2.45) is 0 Å². The number of benzene rings is 1. The molecule has 1 atom stereocenters. The molecule has 2 nitrogen and oxygen atoms in total. The number of alkyl halides is 1. The number of hydrogen-bond acceptors (Lipinski definition) is 1. The van der Waals surface area contributed by atoms with Gasteiger partial charge in [-0.2, -0.15) is 0 Å². The first-order valence-electron chi connectivity index (χ1n) is 5.52. The highest BCUT2D eigenvalue weighted by Crippen LogP contribution is 2.11. The highest BCUT2D eigenvalue weighted by atomic mass is 79.9. The molecule has 0 spiro atoms. The lowest BCUT2D eigenvalue weighted by atomic mass is 10.1. The fourth-order valence-electron chi connectivity index (χ4n) is 1.41. The number of rotatable bonds is 4. The van der Waals surface area contributed by atoms with E-state index in [1.807, 2.05) is 31.3 Å². The predicted octanol–water partition coefficient (Wildman–Crippen LogP) is 3.45. The van der Waals surface area contributed by atoms with Crippen molar-refractivity contribution in [1.82, 2.24) is 4.90 Å². The Morgan fingerprint density at radius 3 is 2.38 bits per heavy atom. The monoisotopic (exact) mass is 283 g/mol. The molecule has 3 heteroatoms. The van der Waals surface area contributed by atoms with Gasteiger partial charge in [-0.3, -0.25) is 4.79 Å². The Labute approximate surface area is 106 Å². The molecule has 0 saturated carbocycles. The SMILES string of the molecule is CCC(C)N(C)C(=O)c1ccc(CBr)cc1. The Morgan fingerprint density at radius 2 is 1.94 bits per heavy atom. The highest BCUT2D eigenvalue weighted by Gasteiger charge is 2.15. The third-order valence-corrected chi connectivity index (χ3v) is 3.57. The topological polar surface area (TPSA) is 20.3 Å². The number of carbonyl (C=O) groups excluding carboxylic acids is 1. The lowest BCUT2D eigenvalue weighted by molar-refractivity contribution is 0.0740. The molecule has 0 bridgehead atoms. The zero-order valence-corrected chi connectivity index (χ0v) is 11.6. The van der Waals surface area contributed by atoms with Gasteiger partial charge in [0.1, 0.15) is 0 Å². The number of amides is 1. The Hall–Kier alpha value is -0.830. The maximum atomic E-state index is 12.1. The minimum absolute atomic E-state index is 0.0930. The molecular weight excluding hydrogens is 266 g/mol. The number of carbonyl (C=O) groups is 1. The molecule has 0 aliphatic rings. The van der Waals surface area contributed by atoms with Gasteiger partial charge in [0, 0.05) is 24.0 Å². The minimum Gasteiger partial charge on any atom is -0.339 e. The quantitative estimate of drug-likeness (QED) is 0.775. The zero-order chi connectivity index (χ0) is 12.1. The van der Waals surface area contributed by atoms with Crippen LogP contribution in [0.3, 0.4) is 0 Å². The van der Waals surface area contributed by atoms with Crippen molar-refractivity contribution in [2.75, 3.05) is 7.05 Å². The maximum Gasteiger partial charge on any atom is 0.253 e. The molecule has 0 radical (unpaired) electrons. The van der Waals surface area contributed by atoms with Gasteiger partial charge in [0.05, 0.1) is 0 Å². The fourth-order valence-corrected chi connectivity index (χ4v) is 1.79. The van der Waals surface area contributed by atoms with Crippen LogP contribution in [0, 0.1) is 0 Å². The summed E-state index contributed by atoms with van der Waals surface area (Å²) >= 11 is 3.39. The summed E-state index contributed by atoms with van der Waals surface area (Å²) < 4.78 is 0. The summed E-state index contributed by atoms with van der Waals surface area (Å²) in [4.78, 5) is 13.9. The first-order valence-corrected chi connectivity index (χ1v) is 6.64. The average Bonchev–Trinajstić information content (AvgIpc) is 2.36. The molecule has 88 valence electrons. The van der Waals surface area contributed by atoms with E-state index in [2.05, 4.69) is 29.8 Å². The van der Waals surface area contributed by atoms with E-state index in [1.165, 1.54) is 5.56 Å². The zero-order valence-electron chi connectivity index (χ0n) is 10.0. The van der Waals surface area contributed by atoms with E-state index in [1.54, 1.807) is 4.90 Å². The molecule has 0 saturated heterocycles. The molecule has 1 rings (SSSR count). The van der Waals surface area contributed by atoms with Crippen molar-refractivity contribution in [2.45, 2.75) is 31.6 Å². The molecule has 16 heavy (non-hydrogen) atoms. The van der Waals surface area contributed by atoms with Crippen molar-refractivity contribution in [3.05, 3.63) is 35.4 Å². The molecule has 0 fully saturated rings. The van der Waals surface area contributed by atoms with Gasteiger partial charge in [0.25, 0.3) is 5.91 Å². The highest BCUT2D eigenvalue weighted by molar-refractivity contribution is 9.08. The number of hydrogen-bond donors (Lipinski definition) is 0. The molecule has 1 aromatic rings. The summed E-state index contributed by atoms with van der Waals surface area (Å²) in [5, 5.41) is 0.822. The van der Waals surface area contributed by atoms with Crippen LogP contribution in [0.4, 0.5) is 0 Å². The van der Waals surface area contributed by atoms with Crippen LogP contribution in [0.1, 0.15) is 36.2 Å². The second kappa shape index (κ2) is 6.04. The minimum atomic E-state index is 0.0930. The van der Waals surface area contributed by atoms with Crippen LogP contribution >= 0.6 is 15.9 Å². The van der Waals surface area contributed by atoms with Crippen LogP contribution in [0.2, 0.25) is 0 Å². The van der Waals surface area contributed by atoms with Crippen LogP contribution in [0.5, 0.6) is 0 Å². The third kappa shape index (κ3) is 3.08. The molecule has 0 N–H and O–H groups in total. The molecular formula is C13H18BrNO. The van der Waals surface area contributed by atoms with E-state index in [4.69, 9.17) is 0 Å². The lowest BCUT2D eigenvalue weighted by Gasteiger charge is -2.23. The van der Waals surface area contributed by atoms with Crippen LogP contribution in [0.25, 0.3) is 0 Å². The van der Waals surface area contributed by atoms with E-state index in [0.29, 0.717) is 0 Å². The van der Waals surface area contributed by atoms with Crippen LogP contribution in [-0.2, 0) is 5.33 Å². The van der Waals surface area contributed by atoms with Crippen molar-refractivity contribution < 1.29 is 4.79 Å². The molecule has 1 amide bonds. The first-order chi connectivity index (χ1) is 7.60. The molecule has 0 aromatic heterocycles. The smallest absolute Gasteiger partial charge is 0.253 e. The molecule has 0 aliphatic heterocycles. The van der Waals surface area contributed by atoms with Gasteiger partial charge in [-0.25, -0.2) is 0 Å². The number of halogens is 1. The van der Waals surface area contributed by atoms with Gasteiger partial charge in [-0.15, -0.1) is 0 Å². The Balaban J connectivity index is 2.80. The average molecular weight is 284 g/mol. The second-order valence-electron chi connectivity index (χ2n) is 4.00. The summed E-state index contributed by atoms with van der Waals surface area (Å²) in [6, 6.07) is 8.01. The molecule has 1 aromatic carbocycles. The second-order valence-corrected chi connectivity index (χ2v) is 4.56. The lowest BCUT2D eigenvalue weighted by Crippen LogP contribution is -2.34. The van der Waals surface area contributed by atoms with E-state index in [9.17, 15) is 4.79 Å². The van der Waals surface area contributed by atoms with Gasteiger partial charge in [0.2, 0.25) is 0 Å². The summed E-state index contributed by atoms with van der Waals surface area (Å²) in [6.07, 6.45) is 0.974. The van der Waals surface area contributed by atoms with Crippen molar-refractivity contribution >= 4 is 21.8 Å². The van der Waals surface area contributed by atoms with Crippen molar-refractivity contribution in [3.63, 3.8) is 0 Å². The standard InChI is InChI=1S/C13H18BrNO/c1-4-10(2)15(3)13(16)12-7-5-11(9-14)6-8-12/h5-8,10H,4,9H2,1-3H3. The Morgan fingerprint density at radius 1 is 1.38 bits per heavy atom. The number of nitrogens with zero attached hydrogens (tertiary/aromatic N) is 1. The van der Waals surface area contributed by atoms with Gasteiger partial charge >= 0.3 is 0 Å². The van der Waals surface area contributed by atoms with E-state index in [0.717, 1.165) is 17.3 Å². The van der Waals surface area contributed by atoms with Gasteiger partial charge in [-0.1, -0.05) is 35.0 Å². The van der Waals surface area contributed by atoms with Gasteiger partial charge in [0.15, 0.2) is 0 Å². The summed E-state index contributed by atoms with van der Waals surface area (Å²) in [6.45, 7) is 4.15. The molecule has 0 aliphatic carbocycles. The largest absolute Gasteiger partial charge is 0.339 e. The van der Waals surface area contributed by atoms with Crippen LogP contribution in [-0.4, -0.2) is 23.9 Å². The molecule has 0 heterocycles. The van der Waals surface area contributed by atoms with Gasteiger partial charge in [-0.05, 0) is 31.0 Å². The van der Waals surface area contributed by atoms with Crippen molar-refractivity contribution in [1.29, 1.82) is 0 Å². The summed E-state index contributed by atoms with van der Waals surface area (Å²) in [5.41, 5.74) is 1.94. The first kappa shape index (κ1) is 13.2. The van der Waals surface area contributed by atoms with Crippen LogP contribution in [0.15, 0.2) is 24.3 Å². The Bertz CT molecular complexity index is 347. The maximum absolute atomic E-state index is 12.1. The summed E-state index contributed by atoms with van der Waals surface area (Å²) in [7, 11) is 1.86. The fraction of sp³-hybridized carbons (Fsp3) is 0.462. The third-order valence-electron chi connectivity index (χ3n) is 2.93. The van der Waals surface area contributed by atoms with E-state index in [-0.39, 0.29) is 11.9 Å². The Kier molecular flexibility index (Phi) is 5.00. The summed E-state index contributed by atoms with van der Waals surface area (Å²) in [5.74, 6) is 0.0930. The van der Waals surface area contributed by atoms with Crippen molar-refractivity contribution in [3.8, 4) is 0 Å². The van der Waals surface area contributed by atoms with E-state index >= 15 is 0 Å². The van der Waals surface area contributed by atoms with Crippen LogP contribution < -0.4 is 0 Å².